The first-order valence-corrected chi connectivity index (χ1v) is 10.4. The summed E-state index contributed by atoms with van der Waals surface area (Å²) in [7, 11) is 0. The monoisotopic (exact) mass is 393 g/mol. The fourth-order valence-electron chi connectivity index (χ4n) is 4.52. The van der Waals surface area contributed by atoms with E-state index in [4.69, 9.17) is 5.10 Å². The lowest BCUT2D eigenvalue weighted by molar-refractivity contribution is 0.0680. The minimum absolute atomic E-state index is 0.0895. The van der Waals surface area contributed by atoms with E-state index in [-0.39, 0.29) is 17.9 Å². The molecule has 148 valence electrons. The lowest BCUT2D eigenvalue weighted by atomic mass is 9.77. The Morgan fingerprint density at radius 3 is 2.47 bits per heavy atom. The highest BCUT2D eigenvalue weighted by molar-refractivity contribution is 6.09. The van der Waals surface area contributed by atoms with E-state index >= 15 is 0 Å². The average Bonchev–Trinajstić information content (AvgIpc) is 3.21. The molecule has 0 N–H and O–H groups in total. The molecule has 1 aromatic heterocycles. The van der Waals surface area contributed by atoms with Crippen molar-refractivity contribution in [1.29, 1.82) is 0 Å². The number of pyridine rings is 1. The third kappa shape index (κ3) is 3.45. The van der Waals surface area contributed by atoms with Gasteiger partial charge in [0.15, 0.2) is 0 Å². The van der Waals surface area contributed by atoms with Crippen LogP contribution in [-0.4, -0.2) is 21.6 Å². The van der Waals surface area contributed by atoms with Crippen LogP contribution in [0, 0.1) is 5.92 Å². The molecule has 30 heavy (non-hydrogen) atoms. The number of allylic oxidation sites excluding steroid dienone is 1. The predicted molar refractivity (Wildman–Crippen MR) is 119 cm³/mol. The van der Waals surface area contributed by atoms with Gasteiger partial charge in [0.1, 0.15) is 0 Å². The van der Waals surface area contributed by atoms with Gasteiger partial charge in [0.25, 0.3) is 5.91 Å². The third-order valence-electron chi connectivity index (χ3n) is 5.90. The molecule has 1 amide bonds. The van der Waals surface area contributed by atoms with Gasteiger partial charge in [-0.05, 0) is 54.2 Å². The largest absolute Gasteiger partial charge is 0.276 e. The smallest absolute Gasteiger partial charge is 0.267 e. The summed E-state index contributed by atoms with van der Waals surface area (Å²) in [6.45, 7) is 0. The van der Waals surface area contributed by atoms with Gasteiger partial charge in [-0.15, -0.1) is 0 Å². The summed E-state index contributed by atoms with van der Waals surface area (Å²) < 4.78 is 0. The maximum atomic E-state index is 13.4. The molecule has 2 heterocycles. The SMILES string of the molecule is O=C(c1cccnc1)N1N=C2/C(=C/c3ccccc3)CCC[C@@H]2[C@H]1c1ccccc1. The summed E-state index contributed by atoms with van der Waals surface area (Å²) in [5.41, 5.74) is 5.15. The van der Waals surface area contributed by atoms with E-state index in [9.17, 15) is 4.79 Å². The first kappa shape index (κ1) is 18.5. The molecule has 0 saturated heterocycles. The van der Waals surface area contributed by atoms with Crippen LogP contribution in [0.1, 0.15) is 46.8 Å². The number of hydrogen-bond donors (Lipinski definition) is 0. The van der Waals surface area contributed by atoms with Gasteiger partial charge in [0, 0.05) is 18.3 Å². The van der Waals surface area contributed by atoms with Crippen molar-refractivity contribution < 1.29 is 4.79 Å². The minimum Gasteiger partial charge on any atom is -0.267 e. The van der Waals surface area contributed by atoms with Crippen LogP contribution in [0.4, 0.5) is 0 Å². The van der Waals surface area contributed by atoms with Crippen LogP contribution in [0.25, 0.3) is 6.08 Å². The summed E-state index contributed by atoms with van der Waals surface area (Å²) in [6.07, 6.45) is 8.64. The van der Waals surface area contributed by atoms with E-state index in [1.165, 1.54) is 11.1 Å². The summed E-state index contributed by atoms with van der Waals surface area (Å²) in [5.74, 6) is 0.106. The highest BCUT2D eigenvalue weighted by Crippen LogP contribution is 2.44. The summed E-state index contributed by atoms with van der Waals surface area (Å²) in [6, 6.07) is 24.1. The molecule has 1 saturated carbocycles. The van der Waals surface area contributed by atoms with E-state index in [1.54, 1.807) is 29.5 Å². The first-order valence-electron chi connectivity index (χ1n) is 10.4. The van der Waals surface area contributed by atoms with Gasteiger partial charge in [0.2, 0.25) is 0 Å². The molecule has 0 spiro atoms. The average molecular weight is 393 g/mol. The second-order valence-electron chi connectivity index (χ2n) is 7.81. The number of benzene rings is 2. The molecular formula is C26H23N3O. The van der Waals surface area contributed by atoms with Crippen molar-refractivity contribution in [2.24, 2.45) is 11.0 Å². The molecule has 0 bridgehead atoms. The molecule has 0 unspecified atom stereocenters. The van der Waals surface area contributed by atoms with Crippen molar-refractivity contribution in [1.82, 2.24) is 9.99 Å². The number of nitrogens with zero attached hydrogens (tertiary/aromatic N) is 3. The molecular weight excluding hydrogens is 370 g/mol. The molecule has 2 atom stereocenters. The molecule has 1 aliphatic carbocycles. The molecule has 2 aliphatic rings. The number of fused-ring (bicyclic) bond motifs is 1. The van der Waals surface area contributed by atoms with Crippen molar-refractivity contribution in [2.45, 2.75) is 25.3 Å². The van der Waals surface area contributed by atoms with Gasteiger partial charge in [-0.25, -0.2) is 5.01 Å². The predicted octanol–water partition coefficient (Wildman–Crippen LogP) is 5.52. The van der Waals surface area contributed by atoms with Crippen molar-refractivity contribution in [3.8, 4) is 0 Å². The molecule has 5 rings (SSSR count). The zero-order valence-electron chi connectivity index (χ0n) is 16.7. The van der Waals surface area contributed by atoms with Crippen molar-refractivity contribution in [2.75, 3.05) is 0 Å². The van der Waals surface area contributed by atoms with Crippen LogP contribution < -0.4 is 0 Å². The number of aromatic nitrogens is 1. The Hall–Kier alpha value is -3.53. The Morgan fingerprint density at radius 1 is 0.967 bits per heavy atom. The summed E-state index contributed by atoms with van der Waals surface area (Å²) in [4.78, 5) is 17.5. The van der Waals surface area contributed by atoms with Gasteiger partial charge < -0.3 is 0 Å². The number of hydrazone groups is 1. The van der Waals surface area contributed by atoms with Gasteiger partial charge in [0.05, 0.1) is 17.3 Å². The normalized spacial score (nSPS) is 21.9. The van der Waals surface area contributed by atoms with E-state index in [0.717, 1.165) is 30.5 Å². The van der Waals surface area contributed by atoms with Gasteiger partial charge in [-0.1, -0.05) is 60.7 Å². The Labute approximate surface area is 176 Å². The van der Waals surface area contributed by atoms with Gasteiger partial charge >= 0.3 is 0 Å². The van der Waals surface area contributed by atoms with E-state index in [0.29, 0.717) is 5.56 Å². The molecule has 4 heteroatoms. The maximum absolute atomic E-state index is 13.4. The molecule has 4 nitrogen and oxygen atoms in total. The minimum atomic E-state index is -0.0992. The number of carbonyl (C=O) groups excluding carboxylic acids is 1. The van der Waals surface area contributed by atoms with E-state index in [2.05, 4.69) is 35.3 Å². The van der Waals surface area contributed by atoms with Crippen molar-refractivity contribution >= 4 is 17.7 Å². The molecule has 0 radical (unpaired) electrons. The first-order chi connectivity index (χ1) is 14.8. The quantitative estimate of drug-likeness (QED) is 0.588. The Bertz CT molecular complexity index is 1090. The molecule has 3 aromatic rings. The Morgan fingerprint density at radius 2 is 1.73 bits per heavy atom. The van der Waals surface area contributed by atoms with E-state index in [1.807, 2.05) is 36.4 Å². The van der Waals surface area contributed by atoms with Crippen LogP contribution in [0.3, 0.4) is 0 Å². The number of carbonyl (C=O) groups is 1. The van der Waals surface area contributed by atoms with Crippen LogP contribution in [0.15, 0.2) is 95.9 Å². The fraction of sp³-hybridized carbons (Fsp3) is 0.192. The number of hydrogen-bond acceptors (Lipinski definition) is 3. The molecule has 1 fully saturated rings. The lowest BCUT2D eigenvalue weighted by Gasteiger charge is -2.29. The zero-order chi connectivity index (χ0) is 20.3. The highest BCUT2D eigenvalue weighted by Gasteiger charge is 2.43. The number of amides is 1. The second kappa shape index (κ2) is 8.07. The lowest BCUT2D eigenvalue weighted by Crippen LogP contribution is -2.31. The van der Waals surface area contributed by atoms with Crippen molar-refractivity contribution in [3.05, 3.63) is 107 Å². The molecule has 1 aliphatic heterocycles. The number of rotatable bonds is 3. The topological polar surface area (TPSA) is 45.6 Å². The Balaban J connectivity index is 1.58. The maximum Gasteiger partial charge on any atom is 0.276 e. The molecule has 2 aromatic carbocycles. The summed E-state index contributed by atoms with van der Waals surface area (Å²) >= 11 is 0. The van der Waals surface area contributed by atoms with Crippen LogP contribution in [0.2, 0.25) is 0 Å². The second-order valence-corrected chi connectivity index (χ2v) is 7.81. The van der Waals surface area contributed by atoms with Crippen LogP contribution in [-0.2, 0) is 0 Å². The third-order valence-corrected chi connectivity index (χ3v) is 5.90. The van der Waals surface area contributed by atoms with Crippen molar-refractivity contribution in [3.63, 3.8) is 0 Å². The Kier molecular flexibility index (Phi) is 4.98. The van der Waals surface area contributed by atoms with Crippen LogP contribution >= 0.6 is 0 Å². The van der Waals surface area contributed by atoms with Gasteiger partial charge in [-0.2, -0.15) is 5.10 Å². The summed E-state index contributed by atoms with van der Waals surface area (Å²) in [5, 5.41) is 6.62. The van der Waals surface area contributed by atoms with Gasteiger partial charge in [-0.3, -0.25) is 9.78 Å². The highest BCUT2D eigenvalue weighted by atomic mass is 16.2. The standard InChI is InChI=1S/C26H23N3O/c30-26(22-14-8-16-27-18-22)29-25(20-11-5-2-6-12-20)23-15-7-13-21(24(23)28-29)17-19-9-3-1-4-10-19/h1-6,8-12,14,16-18,23,25H,7,13,15H2/b21-17+/t23-,25+/m0/s1. The van der Waals surface area contributed by atoms with E-state index < -0.39 is 0 Å². The fourth-order valence-corrected chi connectivity index (χ4v) is 4.52. The zero-order valence-corrected chi connectivity index (χ0v) is 16.7. The van der Waals surface area contributed by atoms with Crippen LogP contribution in [0.5, 0.6) is 0 Å².